The number of nitrogens with zero attached hydrogens (tertiary/aromatic N) is 1. The van der Waals surface area contributed by atoms with Crippen LogP contribution in [0.4, 0.5) is 11.4 Å². The third-order valence-corrected chi connectivity index (χ3v) is 9.99. The van der Waals surface area contributed by atoms with Crippen LogP contribution in [0.15, 0.2) is 58.1 Å². The normalized spacial score (nSPS) is 20.8. The first-order valence-corrected chi connectivity index (χ1v) is 14.6. The standard InChI is InChI=1S/C28H29N3O8S/c1-3-20(17-8-5-4-6-9-17)39-25-21(22(32)23(25)33)30-19-11-7-10-18(24(19)38-2)26(34)31-14-15-40(36,37)28(16-31)12-13-29-27(28)35/h4-11,20,30H,3,12-16H2,1-2H3,(H,29,35)/t20-,28?/m1/s1. The molecule has 40 heavy (non-hydrogen) atoms. The second-order valence-corrected chi connectivity index (χ2v) is 12.3. The monoisotopic (exact) mass is 567 g/mol. The summed E-state index contributed by atoms with van der Waals surface area (Å²) in [5.74, 6) is -1.46. The number of hydrogen-bond acceptors (Lipinski definition) is 9. The molecule has 2 amide bonds. The van der Waals surface area contributed by atoms with Crippen molar-refractivity contribution >= 4 is 33.0 Å². The van der Waals surface area contributed by atoms with Crippen molar-refractivity contribution in [1.29, 1.82) is 0 Å². The maximum absolute atomic E-state index is 13.6. The van der Waals surface area contributed by atoms with Gasteiger partial charge in [-0.25, -0.2) is 8.42 Å². The summed E-state index contributed by atoms with van der Waals surface area (Å²) in [6, 6.07) is 14.0. The maximum atomic E-state index is 13.6. The molecule has 1 unspecified atom stereocenters. The number of benzene rings is 2. The fraction of sp³-hybridized carbons (Fsp3) is 0.357. The van der Waals surface area contributed by atoms with Crippen molar-refractivity contribution in [1.82, 2.24) is 10.2 Å². The Morgan fingerprint density at radius 1 is 1.07 bits per heavy atom. The molecule has 2 fully saturated rings. The van der Waals surface area contributed by atoms with Crippen molar-refractivity contribution in [3.63, 3.8) is 0 Å². The zero-order valence-electron chi connectivity index (χ0n) is 22.1. The van der Waals surface area contributed by atoms with Crippen LogP contribution in [0.3, 0.4) is 0 Å². The Labute approximate surface area is 230 Å². The summed E-state index contributed by atoms with van der Waals surface area (Å²) in [6.07, 6.45) is 0.196. The lowest BCUT2D eigenvalue weighted by molar-refractivity contribution is -0.121. The molecule has 12 heteroatoms. The van der Waals surface area contributed by atoms with Gasteiger partial charge in [0.25, 0.3) is 16.8 Å². The number of carbonyl (C=O) groups is 2. The van der Waals surface area contributed by atoms with Gasteiger partial charge in [0, 0.05) is 19.6 Å². The van der Waals surface area contributed by atoms with E-state index in [1.54, 1.807) is 12.1 Å². The van der Waals surface area contributed by atoms with E-state index in [9.17, 15) is 27.6 Å². The van der Waals surface area contributed by atoms with Gasteiger partial charge < -0.3 is 25.0 Å². The van der Waals surface area contributed by atoms with E-state index in [4.69, 9.17) is 9.47 Å². The Balaban J connectivity index is 1.42. The second-order valence-electron chi connectivity index (χ2n) is 9.84. The summed E-state index contributed by atoms with van der Waals surface area (Å²) in [6.45, 7) is 1.78. The molecule has 2 aliphatic heterocycles. The molecule has 5 rings (SSSR count). The summed E-state index contributed by atoms with van der Waals surface area (Å²) in [5, 5.41) is 5.48. The predicted octanol–water partition coefficient (Wildman–Crippen LogP) is 1.69. The smallest absolute Gasteiger partial charge is 0.272 e. The fourth-order valence-electron chi connectivity index (χ4n) is 5.31. The third kappa shape index (κ3) is 4.41. The van der Waals surface area contributed by atoms with E-state index in [-0.39, 0.29) is 60.2 Å². The highest BCUT2D eigenvalue weighted by Gasteiger charge is 2.57. The number of anilines is 2. The molecule has 0 saturated carbocycles. The van der Waals surface area contributed by atoms with Crippen LogP contribution in [0.2, 0.25) is 0 Å². The Morgan fingerprint density at radius 2 is 1.82 bits per heavy atom. The van der Waals surface area contributed by atoms with E-state index >= 15 is 0 Å². The lowest BCUT2D eigenvalue weighted by Gasteiger charge is -2.38. The molecule has 0 aromatic heterocycles. The van der Waals surface area contributed by atoms with Gasteiger partial charge in [-0.2, -0.15) is 0 Å². The Kier molecular flexibility index (Phi) is 7.13. The first-order valence-electron chi connectivity index (χ1n) is 12.9. The van der Waals surface area contributed by atoms with E-state index in [0.29, 0.717) is 6.42 Å². The average molecular weight is 568 g/mol. The van der Waals surface area contributed by atoms with Crippen molar-refractivity contribution < 1.29 is 27.5 Å². The molecular formula is C28H29N3O8S. The number of para-hydroxylation sites is 1. The van der Waals surface area contributed by atoms with Crippen LogP contribution in [-0.4, -0.2) is 62.4 Å². The van der Waals surface area contributed by atoms with Gasteiger partial charge in [-0.3, -0.25) is 19.2 Å². The minimum absolute atomic E-state index is 0.0482. The minimum Gasteiger partial charge on any atom is -0.494 e. The number of nitrogens with one attached hydrogen (secondary N) is 2. The van der Waals surface area contributed by atoms with Gasteiger partial charge in [-0.1, -0.05) is 43.3 Å². The van der Waals surface area contributed by atoms with E-state index in [1.165, 1.54) is 18.1 Å². The van der Waals surface area contributed by atoms with Crippen LogP contribution in [-0.2, 0) is 14.6 Å². The number of hydrogen-bond donors (Lipinski definition) is 2. The van der Waals surface area contributed by atoms with Crippen molar-refractivity contribution in [2.75, 3.05) is 37.8 Å². The second kappa shape index (κ2) is 10.4. The first-order chi connectivity index (χ1) is 19.1. The molecule has 2 heterocycles. The maximum Gasteiger partial charge on any atom is 0.272 e. The number of ether oxygens (including phenoxy) is 2. The van der Waals surface area contributed by atoms with E-state index in [0.717, 1.165) is 5.56 Å². The fourth-order valence-corrected chi connectivity index (χ4v) is 7.28. The van der Waals surface area contributed by atoms with Gasteiger partial charge in [0.05, 0.1) is 24.1 Å². The molecule has 2 saturated heterocycles. The number of amides is 2. The van der Waals surface area contributed by atoms with Crippen LogP contribution in [0, 0.1) is 0 Å². The van der Waals surface area contributed by atoms with E-state index < -0.39 is 43.4 Å². The number of carbonyl (C=O) groups excluding carboxylic acids is 2. The average Bonchev–Trinajstić information content (AvgIpc) is 3.34. The van der Waals surface area contributed by atoms with E-state index in [1.807, 2.05) is 37.3 Å². The van der Waals surface area contributed by atoms with Crippen molar-refractivity contribution in [2.45, 2.75) is 30.6 Å². The quantitative estimate of drug-likeness (QED) is 0.388. The van der Waals surface area contributed by atoms with Gasteiger partial charge in [-0.05, 0) is 30.5 Å². The Bertz CT molecular complexity index is 1650. The summed E-state index contributed by atoms with van der Waals surface area (Å²) in [7, 11) is -2.39. The van der Waals surface area contributed by atoms with Crippen LogP contribution in [0.25, 0.3) is 0 Å². The lowest BCUT2D eigenvalue weighted by atomic mass is 10.0. The molecule has 11 nitrogen and oxygen atoms in total. The first kappa shape index (κ1) is 27.4. The highest BCUT2D eigenvalue weighted by Crippen LogP contribution is 2.37. The number of sulfone groups is 1. The van der Waals surface area contributed by atoms with Crippen LogP contribution < -0.4 is 31.0 Å². The van der Waals surface area contributed by atoms with Crippen molar-refractivity contribution in [3.05, 3.63) is 80.1 Å². The summed E-state index contributed by atoms with van der Waals surface area (Å²) >= 11 is 0. The molecule has 3 aromatic rings. The molecule has 1 spiro atoms. The SMILES string of the molecule is CC[C@@H](Oc1c(Nc2cccc(C(=O)N3CCS(=O)(=O)C4(CCNC4=O)C3)c2OC)c(=O)c1=O)c1ccccc1. The third-order valence-electron chi connectivity index (χ3n) is 7.57. The van der Waals surface area contributed by atoms with Crippen LogP contribution >= 0.6 is 0 Å². The highest BCUT2D eigenvalue weighted by molar-refractivity contribution is 7.93. The molecule has 2 aliphatic rings. The van der Waals surface area contributed by atoms with Crippen molar-refractivity contribution in [2.24, 2.45) is 0 Å². The summed E-state index contributed by atoms with van der Waals surface area (Å²) < 4.78 is 35.5. The zero-order chi connectivity index (χ0) is 28.7. The molecule has 0 bridgehead atoms. The largest absolute Gasteiger partial charge is 0.494 e. The van der Waals surface area contributed by atoms with Gasteiger partial charge >= 0.3 is 0 Å². The zero-order valence-corrected chi connectivity index (χ0v) is 22.9. The minimum atomic E-state index is -3.75. The van der Waals surface area contributed by atoms with Crippen LogP contribution in [0.5, 0.6) is 11.5 Å². The molecule has 3 aromatic carbocycles. The van der Waals surface area contributed by atoms with Gasteiger partial charge in [0.15, 0.2) is 26.1 Å². The molecule has 210 valence electrons. The molecule has 0 radical (unpaired) electrons. The highest BCUT2D eigenvalue weighted by atomic mass is 32.2. The van der Waals surface area contributed by atoms with E-state index in [2.05, 4.69) is 10.6 Å². The Hall–Kier alpha value is -4.19. The predicted molar refractivity (Wildman–Crippen MR) is 148 cm³/mol. The Morgan fingerprint density at radius 3 is 2.48 bits per heavy atom. The van der Waals surface area contributed by atoms with Crippen LogP contribution in [0.1, 0.15) is 41.8 Å². The molecule has 2 atom stereocenters. The lowest BCUT2D eigenvalue weighted by Crippen LogP contribution is -2.61. The summed E-state index contributed by atoms with van der Waals surface area (Å²) in [4.78, 5) is 52.5. The van der Waals surface area contributed by atoms with Gasteiger partial charge in [-0.15, -0.1) is 0 Å². The van der Waals surface area contributed by atoms with Gasteiger partial charge in [0.2, 0.25) is 5.91 Å². The molecular weight excluding hydrogens is 538 g/mol. The number of methoxy groups -OCH3 is 1. The summed E-state index contributed by atoms with van der Waals surface area (Å²) in [5.41, 5.74) is -0.350. The topological polar surface area (TPSA) is 148 Å². The number of rotatable bonds is 8. The van der Waals surface area contributed by atoms with Crippen molar-refractivity contribution in [3.8, 4) is 11.5 Å². The molecule has 2 N–H and O–H groups in total. The molecule has 0 aliphatic carbocycles. The van der Waals surface area contributed by atoms with Gasteiger partial charge in [0.1, 0.15) is 11.8 Å².